The van der Waals surface area contributed by atoms with Crippen LogP contribution in [0.25, 0.3) is 0 Å². The van der Waals surface area contributed by atoms with Crippen LogP contribution < -0.4 is 0 Å². The van der Waals surface area contributed by atoms with Crippen molar-refractivity contribution in [2.24, 2.45) is 11.8 Å². The van der Waals surface area contributed by atoms with E-state index in [2.05, 4.69) is 0 Å². The summed E-state index contributed by atoms with van der Waals surface area (Å²) in [4.78, 5) is 10.9. The average Bonchev–Trinajstić information content (AvgIpc) is 2.74. The fourth-order valence-electron chi connectivity index (χ4n) is 2.76. The topological polar surface area (TPSA) is 37.3 Å². The highest BCUT2D eigenvalue weighted by molar-refractivity contribution is 6.35. The van der Waals surface area contributed by atoms with E-state index in [-0.39, 0.29) is 17.8 Å². The molecular formula is C11H8Cl2O2. The smallest absolute Gasteiger partial charge is 0.307 e. The summed E-state index contributed by atoms with van der Waals surface area (Å²) in [5.74, 6) is -0.527. The van der Waals surface area contributed by atoms with E-state index >= 15 is 0 Å². The first-order chi connectivity index (χ1) is 7.09. The highest BCUT2D eigenvalue weighted by atomic mass is 35.5. The number of fused-ring (bicyclic) bond motifs is 3. The monoisotopic (exact) mass is 242 g/mol. The molecule has 15 heavy (non-hydrogen) atoms. The highest BCUT2D eigenvalue weighted by Gasteiger charge is 2.60. The summed E-state index contributed by atoms with van der Waals surface area (Å²) in [7, 11) is 0. The second kappa shape index (κ2) is 2.89. The molecule has 3 atom stereocenters. The number of hydrogen-bond donors (Lipinski definition) is 1. The van der Waals surface area contributed by atoms with Crippen LogP contribution in [0, 0.1) is 11.8 Å². The number of carboxylic acid groups (broad SMARTS) is 1. The van der Waals surface area contributed by atoms with E-state index in [0.29, 0.717) is 10.0 Å². The first-order valence-electron chi connectivity index (χ1n) is 4.80. The maximum absolute atomic E-state index is 10.9. The van der Waals surface area contributed by atoms with Crippen molar-refractivity contribution >= 4 is 29.2 Å². The van der Waals surface area contributed by atoms with Crippen molar-refractivity contribution in [2.45, 2.75) is 12.3 Å². The summed E-state index contributed by atoms with van der Waals surface area (Å²) in [6.07, 6.45) is 0.785. The van der Waals surface area contributed by atoms with Crippen molar-refractivity contribution in [3.63, 3.8) is 0 Å². The zero-order valence-corrected chi connectivity index (χ0v) is 9.22. The fourth-order valence-corrected chi connectivity index (χ4v) is 3.35. The molecular weight excluding hydrogens is 235 g/mol. The Morgan fingerprint density at radius 2 is 2.13 bits per heavy atom. The van der Waals surface area contributed by atoms with E-state index in [1.54, 1.807) is 6.07 Å². The van der Waals surface area contributed by atoms with Gasteiger partial charge in [-0.15, -0.1) is 0 Å². The van der Waals surface area contributed by atoms with Gasteiger partial charge in [0.2, 0.25) is 0 Å². The molecule has 4 heteroatoms. The van der Waals surface area contributed by atoms with Gasteiger partial charge in [-0.3, -0.25) is 4.79 Å². The van der Waals surface area contributed by atoms with E-state index in [1.807, 2.05) is 6.07 Å². The normalized spacial score (nSPS) is 30.9. The summed E-state index contributed by atoms with van der Waals surface area (Å²) >= 11 is 12.0. The predicted octanol–water partition coefficient (Wildman–Crippen LogP) is 2.96. The van der Waals surface area contributed by atoms with Gasteiger partial charge in [0, 0.05) is 16.0 Å². The van der Waals surface area contributed by atoms with E-state index in [9.17, 15) is 4.79 Å². The van der Waals surface area contributed by atoms with Crippen molar-refractivity contribution in [1.29, 1.82) is 0 Å². The van der Waals surface area contributed by atoms with Crippen LogP contribution in [-0.2, 0) is 11.2 Å². The van der Waals surface area contributed by atoms with Gasteiger partial charge in [-0.25, -0.2) is 0 Å². The molecule has 0 unspecified atom stereocenters. The van der Waals surface area contributed by atoms with Crippen LogP contribution in [0.2, 0.25) is 10.0 Å². The summed E-state index contributed by atoms with van der Waals surface area (Å²) in [5, 5.41) is 10.2. The van der Waals surface area contributed by atoms with E-state index in [4.69, 9.17) is 28.3 Å². The largest absolute Gasteiger partial charge is 0.481 e. The molecule has 2 aliphatic carbocycles. The van der Waals surface area contributed by atoms with E-state index in [1.165, 1.54) is 0 Å². The van der Waals surface area contributed by atoms with Crippen molar-refractivity contribution in [2.75, 3.05) is 0 Å². The summed E-state index contributed by atoms with van der Waals surface area (Å²) in [6.45, 7) is 0. The van der Waals surface area contributed by atoms with Crippen molar-refractivity contribution in [3.8, 4) is 0 Å². The summed E-state index contributed by atoms with van der Waals surface area (Å²) < 4.78 is 0. The molecule has 2 nitrogen and oxygen atoms in total. The van der Waals surface area contributed by atoms with E-state index in [0.717, 1.165) is 17.5 Å². The number of hydrogen-bond acceptors (Lipinski definition) is 1. The molecule has 1 saturated carbocycles. The first-order valence-corrected chi connectivity index (χ1v) is 5.56. The number of aliphatic carboxylic acids is 1. The molecule has 0 saturated heterocycles. The minimum Gasteiger partial charge on any atom is -0.481 e. The molecule has 0 amide bonds. The van der Waals surface area contributed by atoms with Crippen LogP contribution in [0.4, 0.5) is 0 Å². The van der Waals surface area contributed by atoms with Crippen LogP contribution in [0.5, 0.6) is 0 Å². The quantitative estimate of drug-likeness (QED) is 0.823. The Morgan fingerprint density at radius 1 is 1.40 bits per heavy atom. The van der Waals surface area contributed by atoms with Gasteiger partial charge in [0.05, 0.1) is 5.92 Å². The molecule has 0 aliphatic heterocycles. The molecule has 0 bridgehead atoms. The lowest BCUT2D eigenvalue weighted by Crippen LogP contribution is -2.05. The number of carboxylic acids is 1. The molecule has 1 fully saturated rings. The molecule has 78 valence electrons. The molecule has 2 aliphatic rings. The minimum atomic E-state index is -0.702. The molecule has 0 spiro atoms. The van der Waals surface area contributed by atoms with Crippen LogP contribution in [-0.4, -0.2) is 11.1 Å². The van der Waals surface area contributed by atoms with Crippen LogP contribution >= 0.6 is 23.2 Å². The van der Waals surface area contributed by atoms with Crippen molar-refractivity contribution < 1.29 is 9.90 Å². The zero-order valence-electron chi connectivity index (χ0n) is 7.71. The molecule has 1 aromatic carbocycles. The molecule has 3 rings (SSSR count). The lowest BCUT2D eigenvalue weighted by atomic mass is 10.0. The molecule has 0 aromatic heterocycles. The Morgan fingerprint density at radius 3 is 2.80 bits per heavy atom. The Kier molecular flexibility index (Phi) is 1.83. The number of carbonyl (C=O) groups is 1. The van der Waals surface area contributed by atoms with E-state index < -0.39 is 5.97 Å². The first kappa shape index (κ1) is 9.49. The van der Waals surface area contributed by atoms with Gasteiger partial charge >= 0.3 is 5.97 Å². The Hall–Kier alpha value is -0.730. The molecule has 0 heterocycles. The lowest BCUT2D eigenvalue weighted by molar-refractivity contribution is -0.139. The predicted molar refractivity (Wildman–Crippen MR) is 57.5 cm³/mol. The summed E-state index contributed by atoms with van der Waals surface area (Å²) in [6, 6.07) is 3.58. The second-order valence-electron chi connectivity index (χ2n) is 4.21. The van der Waals surface area contributed by atoms with Crippen molar-refractivity contribution in [1.82, 2.24) is 0 Å². The second-order valence-corrected chi connectivity index (χ2v) is 5.06. The maximum Gasteiger partial charge on any atom is 0.307 e. The lowest BCUT2D eigenvalue weighted by Gasteiger charge is -2.07. The third-order valence-electron chi connectivity index (χ3n) is 3.45. The Bertz CT molecular complexity index is 470. The third kappa shape index (κ3) is 1.21. The fraction of sp³-hybridized carbons (Fsp3) is 0.364. The Labute approximate surface area is 96.8 Å². The van der Waals surface area contributed by atoms with Crippen LogP contribution in [0.1, 0.15) is 17.0 Å². The van der Waals surface area contributed by atoms with Crippen LogP contribution in [0.3, 0.4) is 0 Å². The SMILES string of the molecule is O=C(O)[C@@H]1[C@H]2Cc3c(Cl)cc(Cl)cc3[C@@H]21. The molecule has 1 N–H and O–H groups in total. The highest BCUT2D eigenvalue weighted by Crippen LogP contribution is 2.62. The van der Waals surface area contributed by atoms with Gasteiger partial charge < -0.3 is 5.11 Å². The number of benzene rings is 1. The number of rotatable bonds is 1. The third-order valence-corrected chi connectivity index (χ3v) is 4.00. The van der Waals surface area contributed by atoms with Gasteiger partial charge in [0.25, 0.3) is 0 Å². The zero-order chi connectivity index (χ0) is 10.7. The van der Waals surface area contributed by atoms with Gasteiger partial charge in [-0.05, 0) is 35.6 Å². The van der Waals surface area contributed by atoms with Gasteiger partial charge in [-0.2, -0.15) is 0 Å². The Balaban J connectivity index is 2.05. The van der Waals surface area contributed by atoms with Crippen molar-refractivity contribution in [3.05, 3.63) is 33.3 Å². The van der Waals surface area contributed by atoms with Gasteiger partial charge in [-0.1, -0.05) is 23.2 Å². The number of halogens is 2. The molecule has 0 radical (unpaired) electrons. The van der Waals surface area contributed by atoms with Crippen LogP contribution in [0.15, 0.2) is 12.1 Å². The standard InChI is InChI=1S/C11H8Cl2O2/c12-4-1-6-5(8(13)2-4)3-7-9(6)10(7)11(14)15/h1-2,7,9-10H,3H2,(H,14,15)/t7-,9-,10+/m0/s1. The van der Waals surface area contributed by atoms with Gasteiger partial charge in [0.15, 0.2) is 0 Å². The maximum atomic E-state index is 10.9. The minimum absolute atomic E-state index is 0.147. The molecule has 1 aromatic rings. The average molecular weight is 243 g/mol. The van der Waals surface area contributed by atoms with Gasteiger partial charge in [0.1, 0.15) is 0 Å². The summed E-state index contributed by atoms with van der Waals surface area (Å²) in [5.41, 5.74) is 2.14.